The number of nitrogens with one attached hydrogen (secondary N) is 2. The van der Waals surface area contributed by atoms with Gasteiger partial charge in [-0.05, 0) is 29.3 Å². The van der Waals surface area contributed by atoms with Crippen LogP contribution in [0.3, 0.4) is 0 Å². The molecular formula is C16H11F3N2O2. The van der Waals surface area contributed by atoms with Gasteiger partial charge >= 0.3 is 0 Å². The lowest BCUT2D eigenvalue weighted by Gasteiger charge is -2.08. The minimum atomic E-state index is -1.68. The molecular weight excluding hydrogens is 309 g/mol. The van der Waals surface area contributed by atoms with Crippen LogP contribution in [0.1, 0.15) is 21.5 Å². The molecule has 0 atom stereocenters. The number of carbonyl (C=O) groups is 2. The van der Waals surface area contributed by atoms with Crippen molar-refractivity contribution >= 4 is 17.5 Å². The molecule has 0 bridgehead atoms. The molecule has 0 aromatic heterocycles. The summed E-state index contributed by atoms with van der Waals surface area (Å²) in [5.41, 5.74) is 1.66. The summed E-state index contributed by atoms with van der Waals surface area (Å²) in [6.07, 6.45) is 0.259. The van der Waals surface area contributed by atoms with Crippen molar-refractivity contribution in [1.29, 1.82) is 0 Å². The van der Waals surface area contributed by atoms with E-state index in [1.165, 1.54) is 0 Å². The third-order valence-electron chi connectivity index (χ3n) is 3.53. The number of fused-ring (bicyclic) bond motifs is 1. The Morgan fingerprint density at radius 2 is 1.91 bits per heavy atom. The van der Waals surface area contributed by atoms with Gasteiger partial charge in [0.2, 0.25) is 5.91 Å². The summed E-state index contributed by atoms with van der Waals surface area (Å²) in [5.74, 6) is -5.51. The average Bonchev–Trinajstić information content (AvgIpc) is 2.89. The summed E-state index contributed by atoms with van der Waals surface area (Å²) in [5, 5.41) is 5.11. The second kappa shape index (κ2) is 5.75. The van der Waals surface area contributed by atoms with Gasteiger partial charge in [0.1, 0.15) is 0 Å². The van der Waals surface area contributed by atoms with E-state index < -0.39 is 28.9 Å². The Hall–Kier alpha value is -2.83. The topological polar surface area (TPSA) is 58.2 Å². The highest BCUT2D eigenvalue weighted by Gasteiger charge is 2.20. The first kappa shape index (κ1) is 15.1. The Balaban J connectivity index is 1.72. The summed E-state index contributed by atoms with van der Waals surface area (Å²) in [6, 6.07) is 6.73. The largest absolute Gasteiger partial charge is 0.348 e. The number of benzene rings is 2. The van der Waals surface area contributed by atoms with Crippen LogP contribution in [0.5, 0.6) is 0 Å². The van der Waals surface area contributed by atoms with E-state index in [9.17, 15) is 22.8 Å². The Morgan fingerprint density at radius 1 is 1.13 bits per heavy atom. The monoisotopic (exact) mass is 320 g/mol. The van der Waals surface area contributed by atoms with Crippen LogP contribution in [0.15, 0.2) is 30.3 Å². The van der Waals surface area contributed by atoms with E-state index in [1.54, 1.807) is 18.2 Å². The lowest BCUT2D eigenvalue weighted by atomic mass is 10.1. The molecule has 2 aromatic carbocycles. The van der Waals surface area contributed by atoms with Crippen LogP contribution in [-0.2, 0) is 17.8 Å². The first-order valence-corrected chi connectivity index (χ1v) is 6.79. The van der Waals surface area contributed by atoms with E-state index in [2.05, 4.69) is 10.6 Å². The molecule has 2 aromatic rings. The number of hydrogen-bond acceptors (Lipinski definition) is 2. The minimum Gasteiger partial charge on any atom is -0.348 e. The summed E-state index contributed by atoms with van der Waals surface area (Å²) < 4.78 is 39.5. The SMILES string of the molecule is O=C1Cc2cc(CNC(=O)c3ccc(F)c(F)c3F)ccc2N1. The van der Waals surface area contributed by atoms with Crippen LogP contribution in [0.25, 0.3) is 0 Å². The minimum absolute atomic E-state index is 0.0682. The van der Waals surface area contributed by atoms with Crippen LogP contribution < -0.4 is 10.6 Å². The van der Waals surface area contributed by atoms with E-state index in [0.29, 0.717) is 11.6 Å². The van der Waals surface area contributed by atoms with E-state index in [-0.39, 0.29) is 18.9 Å². The fourth-order valence-electron chi connectivity index (χ4n) is 2.37. The molecule has 0 fully saturated rings. The van der Waals surface area contributed by atoms with Crippen molar-refractivity contribution < 1.29 is 22.8 Å². The zero-order valence-corrected chi connectivity index (χ0v) is 11.8. The Labute approximate surface area is 129 Å². The number of halogens is 3. The predicted octanol–water partition coefficient (Wildman–Crippen LogP) is 2.53. The van der Waals surface area contributed by atoms with Crippen LogP contribution >= 0.6 is 0 Å². The molecule has 7 heteroatoms. The molecule has 1 aliphatic heterocycles. The molecule has 0 saturated heterocycles. The van der Waals surface area contributed by atoms with Crippen molar-refractivity contribution in [1.82, 2.24) is 5.32 Å². The maximum absolute atomic E-state index is 13.5. The molecule has 1 heterocycles. The molecule has 1 aliphatic rings. The molecule has 118 valence electrons. The number of hydrogen-bond donors (Lipinski definition) is 2. The van der Waals surface area contributed by atoms with Gasteiger partial charge < -0.3 is 10.6 Å². The van der Waals surface area contributed by atoms with Gasteiger partial charge in [-0.25, -0.2) is 13.2 Å². The Kier molecular flexibility index (Phi) is 3.77. The molecule has 0 spiro atoms. The van der Waals surface area contributed by atoms with E-state index in [0.717, 1.165) is 17.3 Å². The average molecular weight is 320 g/mol. The van der Waals surface area contributed by atoms with Crippen molar-refractivity contribution in [2.24, 2.45) is 0 Å². The molecule has 0 aliphatic carbocycles. The van der Waals surface area contributed by atoms with Gasteiger partial charge in [-0.3, -0.25) is 9.59 Å². The quantitative estimate of drug-likeness (QED) is 0.854. The first-order valence-electron chi connectivity index (χ1n) is 6.79. The molecule has 2 amide bonds. The van der Waals surface area contributed by atoms with Crippen molar-refractivity contribution in [3.05, 3.63) is 64.5 Å². The lowest BCUT2D eigenvalue weighted by Crippen LogP contribution is -2.24. The smallest absolute Gasteiger partial charge is 0.254 e. The summed E-state index contributed by atoms with van der Waals surface area (Å²) in [6.45, 7) is 0.0682. The molecule has 0 radical (unpaired) electrons. The zero-order chi connectivity index (χ0) is 16.6. The molecule has 0 saturated carbocycles. The Morgan fingerprint density at radius 3 is 2.70 bits per heavy atom. The maximum atomic E-state index is 13.5. The van der Waals surface area contributed by atoms with Gasteiger partial charge in [-0.1, -0.05) is 12.1 Å². The fraction of sp³-hybridized carbons (Fsp3) is 0.125. The highest BCUT2D eigenvalue weighted by atomic mass is 19.2. The normalized spacial score (nSPS) is 12.7. The standard InChI is InChI=1S/C16H11F3N2O2/c17-11-3-2-10(14(18)15(11)19)16(23)20-7-8-1-4-12-9(5-8)6-13(22)21-12/h1-5H,6-7H2,(H,20,23)(H,21,22). The van der Waals surface area contributed by atoms with Crippen LogP contribution in [0.4, 0.5) is 18.9 Å². The maximum Gasteiger partial charge on any atom is 0.254 e. The van der Waals surface area contributed by atoms with Gasteiger partial charge in [0.15, 0.2) is 17.5 Å². The second-order valence-electron chi connectivity index (χ2n) is 5.12. The number of rotatable bonds is 3. The van der Waals surface area contributed by atoms with E-state index >= 15 is 0 Å². The highest BCUT2D eigenvalue weighted by molar-refractivity contribution is 5.99. The van der Waals surface area contributed by atoms with Crippen molar-refractivity contribution in [2.45, 2.75) is 13.0 Å². The van der Waals surface area contributed by atoms with Gasteiger partial charge in [-0.2, -0.15) is 0 Å². The third-order valence-corrected chi connectivity index (χ3v) is 3.53. The van der Waals surface area contributed by atoms with Crippen LogP contribution in [-0.4, -0.2) is 11.8 Å². The van der Waals surface area contributed by atoms with Crippen molar-refractivity contribution in [2.75, 3.05) is 5.32 Å². The Bertz CT molecular complexity index is 821. The number of carbonyl (C=O) groups excluding carboxylic acids is 2. The van der Waals surface area contributed by atoms with Gasteiger partial charge in [0.25, 0.3) is 5.91 Å². The van der Waals surface area contributed by atoms with Gasteiger partial charge in [0.05, 0.1) is 12.0 Å². The highest BCUT2D eigenvalue weighted by Crippen LogP contribution is 2.23. The van der Waals surface area contributed by atoms with Crippen LogP contribution in [0, 0.1) is 17.5 Å². The van der Waals surface area contributed by atoms with Crippen molar-refractivity contribution in [3.8, 4) is 0 Å². The fourth-order valence-corrected chi connectivity index (χ4v) is 2.37. The molecule has 4 nitrogen and oxygen atoms in total. The molecule has 3 rings (SSSR count). The zero-order valence-electron chi connectivity index (χ0n) is 11.8. The number of anilines is 1. The van der Waals surface area contributed by atoms with E-state index in [1.807, 2.05) is 0 Å². The third kappa shape index (κ3) is 2.90. The number of amides is 2. The molecule has 23 heavy (non-hydrogen) atoms. The molecule has 0 unspecified atom stereocenters. The summed E-state index contributed by atoms with van der Waals surface area (Å²) in [4.78, 5) is 23.2. The summed E-state index contributed by atoms with van der Waals surface area (Å²) >= 11 is 0. The first-order chi connectivity index (χ1) is 11.0. The second-order valence-corrected chi connectivity index (χ2v) is 5.12. The summed E-state index contributed by atoms with van der Waals surface area (Å²) in [7, 11) is 0. The van der Waals surface area contributed by atoms with Crippen LogP contribution in [0.2, 0.25) is 0 Å². The predicted molar refractivity (Wildman–Crippen MR) is 76.3 cm³/mol. The lowest BCUT2D eigenvalue weighted by molar-refractivity contribution is -0.115. The molecule has 2 N–H and O–H groups in total. The van der Waals surface area contributed by atoms with Gasteiger partial charge in [-0.15, -0.1) is 0 Å². The van der Waals surface area contributed by atoms with Crippen molar-refractivity contribution in [3.63, 3.8) is 0 Å². The van der Waals surface area contributed by atoms with E-state index in [4.69, 9.17) is 0 Å². The van der Waals surface area contributed by atoms with Gasteiger partial charge in [0, 0.05) is 12.2 Å².